The van der Waals surface area contributed by atoms with Gasteiger partial charge in [0.2, 0.25) is 0 Å². The smallest absolute Gasteiger partial charge is 0.264 e. The van der Waals surface area contributed by atoms with E-state index in [4.69, 9.17) is 21.1 Å². The van der Waals surface area contributed by atoms with Gasteiger partial charge in [-0.15, -0.1) is 0 Å². The minimum atomic E-state index is -0.195. The van der Waals surface area contributed by atoms with Crippen molar-refractivity contribution in [3.63, 3.8) is 0 Å². The molecular formula is C23H25ClN2O3S. The van der Waals surface area contributed by atoms with Crippen LogP contribution in [0.25, 0.3) is 6.08 Å². The van der Waals surface area contributed by atoms with Crippen molar-refractivity contribution in [1.82, 2.24) is 5.32 Å². The van der Waals surface area contributed by atoms with Crippen molar-refractivity contribution in [1.29, 1.82) is 0 Å². The topological polar surface area (TPSA) is 59.9 Å². The quantitative estimate of drug-likeness (QED) is 0.533. The van der Waals surface area contributed by atoms with E-state index in [9.17, 15) is 4.79 Å². The van der Waals surface area contributed by atoms with Gasteiger partial charge < -0.3 is 14.8 Å². The summed E-state index contributed by atoms with van der Waals surface area (Å²) in [5, 5.41) is 3.79. The third-order valence-corrected chi connectivity index (χ3v) is 5.86. The molecule has 1 saturated heterocycles. The molecule has 30 heavy (non-hydrogen) atoms. The number of hydrogen-bond acceptors (Lipinski definition) is 5. The summed E-state index contributed by atoms with van der Waals surface area (Å²) >= 11 is 7.72. The fourth-order valence-electron chi connectivity index (χ4n) is 2.78. The number of nitrogens with one attached hydrogen (secondary N) is 1. The molecule has 2 aromatic rings. The Morgan fingerprint density at radius 3 is 2.60 bits per heavy atom. The number of halogens is 1. The number of thioether (sulfide) groups is 1. The van der Waals surface area contributed by atoms with Crippen LogP contribution < -0.4 is 14.8 Å². The Bertz CT molecular complexity index is 987. The first kappa shape index (κ1) is 22.2. The van der Waals surface area contributed by atoms with Crippen LogP contribution in [-0.2, 0) is 11.2 Å². The molecule has 3 rings (SSSR count). The highest BCUT2D eigenvalue weighted by atomic mass is 35.5. The third kappa shape index (κ3) is 5.37. The summed E-state index contributed by atoms with van der Waals surface area (Å²) < 4.78 is 11.3. The molecule has 0 radical (unpaired) electrons. The second kappa shape index (κ2) is 10.0. The van der Waals surface area contributed by atoms with E-state index in [0.717, 1.165) is 24.1 Å². The zero-order valence-corrected chi connectivity index (χ0v) is 19.1. The lowest BCUT2D eigenvalue weighted by molar-refractivity contribution is -0.115. The molecule has 0 saturated carbocycles. The van der Waals surface area contributed by atoms with Crippen LogP contribution in [0.3, 0.4) is 0 Å². The van der Waals surface area contributed by atoms with E-state index < -0.39 is 0 Å². The predicted octanol–water partition coefficient (Wildman–Crippen LogP) is 5.98. The number of amidine groups is 1. The zero-order chi connectivity index (χ0) is 21.7. The van der Waals surface area contributed by atoms with Crippen molar-refractivity contribution in [3.8, 4) is 11.5 Å². The molecule has 1 aliphatic rings. The van der Waals surface area contributed by atoms with E-state index in [1.165, 1.54) is 17.3 Å². The summed E-state index contributed by atoms with van der Waals surface area (Å²) in [5.41, 5.74) is 2.79. The number of amides is 1. The molecule has 1 aliphatic heterocycles. The van der Waals surface area contributed by atoms with Gasteiger partial charge in [-0.3, -0.25) is 4.79 Å². The number of carbonyl (C=O) groups excluding carboxylic acids is 1. The molecule has 1 amide bonds. The molecule has 2 aromatic carbocycles. The maximum atomic E-state index is 12.4. The van der Waals surface area contributed by atoms with Gasteiger partial charge in [-0.1, -0.05) is 37.6 Å². The molecule has 1 heterocycles. The van der Waals surface area contributed by atoms with Crippen molar-refractivity contribution >= 4 is 46.2 Å². The first-order valence-corrected chi connectivity index (χ1v) is 11.1. The molecule has 5 nitrogen and oxygen atoms in total. The van der Waals surface area contributed by atoms with Crippen molar-refractivity contribution in [2.45, 2.75) is 39.7 Å². The number of aliphatic imine (C=N–C) groups is 1. The highest BCUT2D eigenvalue weighted by Gasteiger charge is 2.24. The second-order valence-corrected chi connectivity index (χ2v) is 8.31. The monoisotopic (exact) mass is 444 g/mol. The number of aryl methyl sites for hydroxylation is 1. The molecule has 158 valence electrons. The van der Waals surface area contributed by atoms with Gasteiger partial charge >= 0.3 is 0 Å². The van der Waals surface area contributed by atoms with Crippen molar-refractivity contribution in [2.75, 3.05) is 7.11 Å². The van der Waals surface area contributed by atoms with Crippen LogP contribution in [0.2, 0.25) is 5.02 Å². The van der Waals surface area contributed by atoms with Crippen LogP contribution in [0.4, 0.5) is 5.69 Å². The summed E-state index contributed by atoms with van der Waals surface area (Å²) in [7, 11) is 1.57. The Morgan fingerprint density at radius 2 is 1.97 bits per heavy atom. The number of hydrogen-bond donors (Lipinski definition) is 1. The van der Waals surface area contributed by atoms with Crippen LogP contribution in [0.5, 0.6) is 11.5 Å². The first-order chi connectivity index (χ1) is 14.4. The molecule has 0 spiro atoms. The highest BCUT2D eigenvalue weighted by Crippen LogP contribution is 2.39. The van der Waals surface area contributed by atoms with Gasteiger partial charge in [0.1, 0.15) is 0 Å². The van der Waals surface area contributed by atoms with Crippen molar-refractivity contribution in [2.24, 2.45) is 4.99 Å². The summed E-state index contributed by atoms with van der Waals surface area (Å²) in [6.45, 7) is 6.12. The van der Waals surface area contributed by atoms with Gasteiger partial charge in [-0.25, -0.2) is 4.99 Å². The fraction of sp³-hybridized carbons (Fsp3) is 0.304. The third-order valence-electron chi connectivity index (χ3n) is 4.67. The SMILES string of the molecule is CCc1ccc(N=C2NC(=O)/C(=C/c3cc(Cl)c(O[C@H](C)CC)c(OC)c3)S2)cc1. The molecule has 0 unspecified atom stereocenters. The molecule has 1 N–H and O–H groups in total. The van der Waals surface area contributed by atoms with Crippen LogP contribution in [0.1, 0.15) is 38.3 Å². The molecule has 1 atom stereocenters. The molecule has 0 bridgehead atoms. The van der Waals surface area contributed by atoms with E-state index >= 15 is 0 Å². The van der Waals surface area contributed by atoms with Crippen LogP contribution in [0.15, 0.2) is 46.3 Å². The second-order valence-electron chi connectivity index (χ2n) is 6.87. The van der Waals surface area contributed by atoms with E-state index in [0.29, 0.717) is 26.6 Å². The Hall–Kier alpha value is -2.44. The maximum Gasteiger partial charge on any atom is 0.264 e. The van der Waals surface area contributed by atoms with Gasteiger partial charge in [0.25, 0.3) is 5.91 Å². The van der Waals surface area contributed by atoms with Crippen LogP contribution >= 0.6 is 23.4 Å². The van der Waals surface area contributed by atoms with Gasteiger partial charge in [0, 0.05) is 0 Å². The van der Waals surface area contributed by atoms with Crippen molar-refractivity contribution in [3.05, 3.63) is 57.5 Å². The summed E-state index contributed by atoms with van der Waals surface area (Å²) in [4.78, 5) is 17.5. The molecular weight excluding hydrogens is 420 g/mol. The number of ether oxygens (including phenoxy) is 2. The van der Waals surface area contributed by atoms with E-state index in [-0.39, 0.29) is 12.0 Å². The van der Waals surface area contributed by atoms with E-state index in [1.807, 2.05) is 44.2 Å². The predicted molar refractivity (Wildman–Crippen MR) is 125 cm³/mol. The zero-order valence-electron chi connectivity index (χ0n) is 17.5. The normalized spacial score (nSPS) is 17.3. The Kier molecular flexibility index (Phi) is 7.45. The lowest BCUT2D eigenvalue weighted by atomic mass is 10.1. The Morgan fingerprint density at radius 1 is 1.23 bits per heavy atom. The summed E-state index contributed by atoms with van der Waals surface area (Å²) in [6, 6.07) is 11.5. The standard InChI is InChI=1S/C23H25ClN2O3S/c1-5-14(3)29-21-18(24)11-16(12-19(21)28-4)13-20-22(27)26-23(30-20)25-17-9-7-15(6-2)8-10-17/h7-14H,5-6H2,1-4H3,(H,25,26,27)/b20-13-/t14-/m1/s1. The maximum absolute atomic E-state index is 12.4. The van der Waals surface area contributed by atoms with Gasteiger partial charge in [-0.2, -0.15) is 0 Å². The van der Waals surface area contributed by atoms with Gasteiger partial charge in [0.05, 0.1) is 28.8 Å². The number of methoxy groups -OCH3 is 1. The summed E-state index contributed by atoms with van der Waals surface area (Å²) in [6.07, 6.45) is 3.61. The molecule has 7 heteroatoms. The first-order valence-electron chi connectivity index (χ1n) is 9.86. The minimum Gasteiger partial charge on any atom is -0.493 e. The Labute approximate surface area is 186 Å². The fourth-order valence-corrected chi connectivity index (χ4v) is 3.88. The average Bonchev–Trinajstić information content (AvgIpc) is 3.08. The number of carbonyl (C=O) groups is 1. The molecule has 0 aromatic heterocycles. The van der Waals surface area contributed by atoms with E-state index in [2.05, 4.69) is 17.2 Å². The highest BCUT2D eigenvalue weighted by molar-refractivity contribution is 8.18. The lowest BCUT2D eigenvalue weighted by Crippen LogP contribution is -2.19. The molecule has 1 fully saturated rings. The van der Waals surface area contributed by atoms with Crippen LogP contribution in [0, 0.1) is 0 Å². The Balaban J connectivity index is 1.83. The van der Waals surface area contributed by atoms with Gasteiger partial charge in [0.15, 0.2) is 16.7 Å². The van der Waals surface area contributed by atoms with E-state index in [1.54, 1.807) is 19.3 Å². The largest absolute Gasteiger partial charge is 0.493 e. The number of nitrogens with zero attached hydrogens (tertiary/aromatic N) is 1. The average molecular weight is 445 g/mol. The number of benzene rings is 2. The van der Waals surface area contributed by atoms with Crippen LogP contribution in [-0.4, -0.2) is 24.3 Å². The summed E-state index contributed by atoms with van der Waals surface area (Å²) in [5.74, 6) is 0.846. The number of rotatable bonds is 7. The molecule has 0 aliphatic carbocycles. The van der Waals surface area contributed by atoms with Gasteiger partial charge in [-0.05, 0) is 73.0 Å². The minimum absolute atomic E-state index is 0.0157. The lowest BCUT2D eigenvalue weighted by Gasteiger charge is -2.17. The van der Waals surface area contributed by atoms with Crippen molar-refractivity contribution < 1.29 is 14.3 Å².